The van der Waals surface area contributed by atoms with Crippen molar-refractivity contribution in [1.29, 1.82) is 0 Å². The molecule has 1 amide bonds. The summed E-state index contributed by atoms with van der Waals surface area (Å²) in [4.78, 5) is 15.6. The molecule has 3 aliphatic heterocycles. The standard InChI is InChI=1S/C26H31N3O5S/c1-3-18-5-4-6-19(11-18)23(13-27-2)26(30)28-14-20-16-29(17-21(20)15-28)35(31,32)22-7-8-24-25(12-22)34-10-9-33-24/h4-8,11-12,23,27H,3,9-10,13-17H2,1-2H3/t23-/m0/s1. The van der Waals surface area contributed by atoms with Gasteiger partial charge < -0.3 is 19.7 Å². The van der Waals surface area contributed by atoms with Crippen molar-refractivity contribution in [2.24, 2.45) is 0 Å². The van der Waals surface area contributed by atoms with Gasteiger partial charge in [-0.1, -0.05) is 31.2 Å². The number of hydrogen-bond acceptors (Lipinski definition) is 6. The number of fused-ring (bicyclic) bond motifs is 1. The Labute approximate surface area is 206 Å². The zero-order chi connectivity index (χ0) is 24.6. The molecule has 0 saturated carbocycles. The number of rotatable bonds is 7. The van der Waals surface area contributed by atoms with Gasteiger partial charge in [0.05, 0.1) is 10.8 Å². The third kappa shape index (κ3) is 4.55. The van der Waals surface area contributed by atoms with E-state index in [4.69, 9.17) is 9.47 Å². The summed E-state index contributed by atoms with van der Waals surface area (Å²) in [5, 5.41) is 3.16. The summed E-state index contributed by atoms with van der Waals surface area (Å²) in [6.45, 7) is 5.05. The maximum Gasteiger partial charge on any atom is 0.243 e. The zero-order valence-corrected chi connectivity index (χ0v) is 20.9. The molecule has 0 bridgehead atoms. The van der Waals surface area contributed by atoms with Gasteiger partial charge >= 0.3 is 0 Å². The lowest BCUT2D eigenvalue weighted by Gasteiger charge is -2.27. The maximum absolute atomic E-state index is 13.5. The van der Waals surface area contributed by atoms with Gasteiger partial charge in [0.25, 0.3) is 0 Å². The molecule has 2 aromatic carbocycles. The molecule has 3 aliphatic rings. The first-order chi connectivity index (χ1) is 16.9. The van der Waals surface area contributed by atoms with E-state index in [9.17, 15) is 13.2 Å². The molecule has 0 aliphatic carbocycles. The Hall–Kier alpha value is -2.88. The summed E-state index contributed by atoms with van der Waals surface area (Å²) in [6, 6.07) is 13.0. The van der Waals surface area contributed by atoms with Crippen molar-refractivity contribution in [3.8, 4) is 11.5 Å². The second kappa shape index (κ2) is 9.64. The van der Waals surface area contributed by atoms with Crippen LogP contribution in [0.15, 0.2) is 58.5 Å². The first-order valence-corrected chi connectivity index (χ1v) is 13.5. The van der Waals surface area contributed by atoms with Gasteiger partial charge in [0.2, 0.25) is 15.9 Å². The monoisotopic (exact) mass is 497 g/mol. The Bertz CT molecular complexity index is 1260. The number of nitrogens with one attached hydrogen (secondary N) is 1. The van der Waals surface area contributed by atoms with Gasteiger partial charge in [-0.25, -0.2) is 8.42 Å². The van der Waals surface area contributed by atoms with Crippen LogP contribution in [0, 0.1) is 0 Å². The Morgan fingerprint density at radius 2 is 1.71 bits per heavy atom. The van der Waals surface area contributed by atoms with Crippen LogP contribution < -0.4 is 14.8 Å². The first-order valence-electron chi connectivity index (χ1n) is 12.0. The number of hydrogen-bond donors (Lipinski definition) is 1. The van der Waals surface area contributed by atoms with Crippen LogP contribution in [0.25, 0.3) is 0 Å². The van der Waals surface area contributed by atoms with Crippen LogP contribution in [0.3, 0.4) is 0 Å². The van der Waals surface area contributed by atoms with Crippen molar-refractivity contribution < 1.29 is 22.7 Å². The van der Waals surface area contributed by atoms with E-state index >= 15 is 0 Å². The molecule has 3 heterocycles. The van der Waals surface area contributed by atoms with Crippen LogP contribution in [0.4, 0.5) is 0 Å². The molecule has 0 radical (unpaired) electrons. The minimum absolute atomic E-state index is 0.0725. The van der Waals surface area contributed by atoms with Crippen molar-refractivity contribution in [1.82, 2.24) is 14.5 Å². The number of carbonyl (C=O) groups is 1. The van der Waals surface area contributed by atoms with Crippen LogP contribution in [0.2, 0.25) is 0 Å². The highest BCUT2D eigenvalue weighted by Crippen LogP contribution is 2.36. The molecule has 8 nitrogen and oxygen atoms in total. The molecule has 186 valence electrons. The SMILES string of the molecule is CCc1cccc([C@H](CNC)C(=O)N2CC3=C(C2)CN(S(=O)(=O)c2ccc4c(c2)OCCO4)C3)c1. The first kappa shape index (κ1) is 23.8. The minimum atomic E-state index is -3.68. The summed E-state index contributed by atoms with van der Waals surface area (Å²) >= 11 is 0. The lowest BCUT2D eigenvalue weighted by Crippen LogP contribution is -2.40. The highest BCUT2D eigenvalue weighted by atomic mass is 32.2. The lowest BCUT2D eigenvalue weighted by molar-refractivity contribution is -0.131. The fourth-order valence-corrected chi connectivity index (χ4v) is 6.45. The number of aryl methyl sites for hydroxylation is 1. The van der Waals surface area contributed by atoms with E-state index in [1.807, 2.05) is 24.1 Å². The maximum atomic E-state index is 13.5. The molecular weight excluding hydrogens is 466 g/mol. The number of sulfonamides is 1. The average molecular weight is 498 g/mol. The Balaban J connectivity index is 1.27. The van der Waals surface area contributed by atoms with Crippen LogP contribution in [0.1, 0.15) is 24.0 Å². The van der Waals surface area contributed by atoms with Crippen molar-refractivity contribution in [2.75, 3.05) is 53.0 Å². The van der Waals surface area contributed by atoms with Crippen molar-refractivity contribution in [3.63, 3.8) is 0 Å². The molecule has 0 fully saturated rings. The highest BCUT2D eigenvalue weighted by Gasteiger charge is 2.39. The zero-order valence-electron chi connectivity index (χ0n) is 20.1. The number of ether oxygens (including phenoxy) is 2. The smallest absolute Gasteiger partial charge is 0.243 e. The van der Waals surface area contributed by atoms with E-state index in [0.717, 1.165) is 23.1 Å². The van der Waals surface area contributed by atoms with E-state index in [1.165, 1.54) is 15.9 Å². The Morgan fingerprint density at radius 3 is 2.40 bits per heavy atom. The summed E-state index contributed by atoms with van der Waals surface area (Å²) in [5.74, 6) is 0.816. The molecule has 1 N–H and O–H groups in total. The van der Waals surface area contributed by atoms with Gasteiger partial charge in [-0.05, 0) is 47.9 Å². The van der Waals surface area contributed by atoms with E-state index in [2.05, 4.69) is 24.4 Å². The van der Waals surface area contributed by atoms with Crippen molar-refractivity contribution >= 4 is 15.9 Å². The van der Waals surface area contributed by atoms with Crippen LogP contribution in [-0.4, -0.2) is 76.5 Å². The second-order valence-electron chi connectivity index (χ2n) is 9.19. The topological polar surface area (TPSA) is 88.2 Å². The summed E-state index contributed by atoms with van der Waals surface area (Å²) in [5.41, 5.74) is 4.26. The van der Waals surface area contributed by atoms with E-state index in [0.29, 0.717) is 57.4 Å². The summed E-state index contributed by atoms with van der Waals surface area (Å²) < 4.78 is 39.2. The van der Waals surface area contributed by atoms with E-state index in [1.54, 1.807) is 12.1 Å². The van der Waals surface area contributed by atoms with Gasteiger partial charge in [-0.2, -0.15) is 4.31 Å². The number of likely N-dealkylation sites (N-methyl/N-ethyl adjacent to an activating group) is 1. The molecule has 0 aromatic heterocycles. The molecule has 5 rings (SSSR count). The van der Waals surface area contributed by atoms with Gasteiger partial charge in [0, 0.05) is 38.8 Å². The summed E-state index contributed by atoms with van der Waals surface area (Å²) in [6.07, 6.45) is 0.918. The normalized spacial score (nSPS) is 18.6. The Kier molecular flexibility index (Phi) is 6.57. The lowest BCUT2D eigenvalue weighted by atomic mass is 9.95. The van der Waals surface area contributed by atoms with E-state index < -0.39 is 10.0 Å². The van der Waals surface area contributed by atoms with Crippen LogP contribution >= 0.6 is 0 Å². The van der Waals surface area contributed by atoms with Crippen molar-refractivity contribution in [3.05, 3.63) is 64.7 Å². The number of benzene rings is 2. The van der Waals surface area contributed by atoms with Gasteiger partial charge in [0.15, 0.2) is 11.5 Å². The van der Waals surface area contributed by atoms with E-state index in [-0.39, 0.29) is 16.7 Å². The second-order valence-corrected chi connectivity index (χ2v) is 11.1. The summed E-state index contributed by atoms with van der Waals surface area (Å²) in [7, 11) is -1.83. The average Bonchev–Trinajstić information content (AvgIpc) is 3.47. The Morgan fingerprint density at radius 1 is 1.00 bits per heavy atom. The van der Waals surface area contributed by atoms with Gasteiger partial charge in [-0.3, -0.25) is 4.79 Å². The van der Waals surface area contributed by atoms with Gasteiger partial charge in [0.1, 0.15) is 13.2 Å². The molecule has 0 spiro atoms. The number of nitrogens with zero attached hydrogens (tertiary/aromatic N) is 2. The third-order valence-corrected chi connectivity index (χ3v) is 8.72. The molecule has 1 atom stereocenters. The number of carbonyl (C=O) groups excluding carboxylic acids is 1. The third-order valence-electron chi connectivity index (χ3n) is 6.93. The fourth-order valence-electron chi connectivity index (χ4n) is 5.01. The molecular formula is C26H31N3O5S. The molecule has 0 saturated heterocycles. The fraction of sp³-hybridized carbons (Fsp3) is 0.423. The molecule has 0 unspecified atom stereocenters. The van der Waals surface area contributed by atoms with Gasteiger partial charge in [-0.15, -0.1) is 0 Å². The van der Waals surface area contributed by atoms with Crippen LogP contribution in [-0.2, 0) is 21.2 Å². The molecule has 9 heteroatoms. The quantitative estimate of drug-likeness (QED) is 0.590. The van der Waals surface area contributed by atoms with Crippen molar-refractivity contribution in [2.45, 2.75) is 24.2 Å². The molecule has 35 heavy (non-hydrogen) atoms. The largest absolute Gasteiger partial charge is 0.486 e. The predicted octanol–water partition coefficient (Wildman–Crippen LogP) is 2.17. The predicted molar refractivity (Wildman–Crippen MR) is 132 cm³/mol. The number of amides is 1. The molecule has 2 aromatic rings. The minimum Gasteiger partial charge on any atom is -0.486 e. The highest BCUT2D eigenvalue weighted by molar-refractivity contribution is 7.89. The van der Waals surface area contributed by atoms with Crippen LogP contribution in [0.5, 0.6) is 11.5 Å².